The second-order valence-electron chi connectivity index (χ2n) is 5.28. The summed E-state index contributed by atoms with van der Waals surface area (Å²) in [6.45, 7) is 6.27. The van der Waals surface area contributed by atoms with E-state index in [0.29, 0.717) is 11.7 Å². The fraction of sp³-hybridized carbons (Fsp3) is 0.750. The molecule has 1 unspecified atom stereocenters. The Bertz CT molecular complexity index is 439. The molecule has 2 rings (SSSR count). The Morgan fingerprint density at radius 3 is 2.84 bits per heavy atom. The molecule has 1 N–H and O–H groups in total. The van der Waals surface area contributed by atoms with Gasteiger partial charge in [-0.3, -0.25) is 4.57 Å². The second kappa shape index (κ2) is 6.01. The molecule has 1 atom stereocenters. The first-order chi connectivity index (χ1) is 9.08. The maximum absolute atomic E-state index is 10.8. The van der Waals surface area contributed by atoms with Crippen molar-refractivity contribution in [3.05, 3.63) is 16.4 Å². The number of aryl methyl sites for hydroxylation is 1. The first kappa shape index (κ1) is 13.8. The van der Waals surface area contributed by atoms with E-state index in [9.17, 15) is 10.1 Å². The van der Waals surface area contributed by atoms with Crippen LogP contribution in [0.25, 0.3) is 0 Å². The van der Waals surface area contributed by atoms with Crippen LogP contribution in [0.3, 0.4) is 0 Å². The van der Waals surface area contributed by atoms with Crippen LogP contribution >= 0.6 is 0 Å². The third kappa shape index (κ3) is 3.44. The summed E-state index contributed by atoms with van der Waals surface area (Å²) < 4.78 is 1.65. The third-order valence-electron chi connectivity index (χ3n) is 3.48. The molecule has 2 heterocycles. The van der Waals surface area contributed by atoms with Crippen LogP contribution in [0.4, 0.5) is 11.6 Å². The summed E-state index contributed by atoms with van der Waals surface area (Å²) in [6.07, 6.45) is 4.03. The molecule has 1 aliphatic heterocycles. The first-order valence-corrected chi connectivity index (χ1v) is 6.70. The Balaban J connectivity index is 1.87. The molecule has 19 heavy (non-hydrogen) atoms. The minimum atomic E-state index is -0.451. The number of nitrogens with one attached hydrogen (secondary N) is 1. The fourth-order valence-electron chi connectivity index (χ4n) is 2.50. The quantitative estimate of drug-likeness (QED) is 0.624. The van der Waals surface area contributed by atoms with E-state index in [2.05, 4.69) is 22.1 Å². The van der Waals surface area contributed by atoms with Gasteiger partial charge < -0.3 is 20.3 Å². The van der Waals surface area contributed by atoms with Crippen molar-refractivity contribution < 1.29 is 4.92 Å². The molecule has 1 aliphatic rings. The van der Waals surface area contributed by atoms with Crippen molar-refractivity contribution in [2.45, 2.75) is 19.8 Å². The minimum Gasteiger partial charge on any atom is -0.364 e. The van der Waals surface area contributed by atoms with Gasteiger partial charge in [0.2, 0.25) is 12.1 Å². The molecule has 1 fully saturated rings. The summed E-state index contributed by atoms with van der Waals surface area (Å²) in [5.41, 5.74) is 0. The van der Waals surface area contributed by atoms with Crippen LogP contribution in [-0.4, -0.2) is 45.6 Å². The predicted octanol–water partition coefficient (Wildman–Crippen LogP) is 1.47. The SMILES string of the molecule is CC(CNc1c([N+](=O)[O-])ncn1C)CN1CCCC1. The molecule has 0 spiro atoms. The first-order valence-electron chi connectivity index (χ1n) is 6.70. The summed E-state index contributed by atoms with van der Waals surface area (Å²) in [6, 6.07) is 0. The van der Waals surface area contributed by atoms with Gasteiger partial charge in [0.15, 0.2) is 0 Å². The van der Waals surface area contributed by atoms with Gasteiger partial charge in [0.1, 0.15) is 0 Å². The number of rotatable bonds is 6. The highest BCUT2D eigenvalue weighted by molar-refractivity contribution is 5.51. The van der Waals surface area contributed by atoms with Crippen LogP contribution in [0.2, 0.25) is 0 Å². The highest BCUT2D eigenvalue weighted by atomic mass is 16.6. The maximum atomic E-state index is 10.8. The van der Waals surface area contributed by atoms with Gasteiger partial charge in [0, 0.05) is 20.1 Å². The molecule has 1 aromatic heterocycles. The lowest BCUT2D eigenvalue weighted by atomic mass is 10.1. The molecule has 0 radical (unpaired) electrons. The lowest BCUT2D eigenvalue weighted by Gasteiger charge is -2.20. The highest BCUT2D eigenvalue weighted by Crippen LogP contribution is 2.21. The minimum absolute atomic E-state index is 0.101. The third-order valence-corrected chi connectivity index (χ3v) is 3.48. The molecule has 0 aromatic carbocycles. The van der Waals surface area contributed by atoms with E-state index in [0.717, 1.165) is 13.1 Å². The van der Waals surface area contributed by atoms with Crippen LogP contribution in [-0.2, 0) is 7.05 Å². The Morgan fingerprint density at radius 2 is 2.21 bits per heavy atom. The number of hydrogen-bond donors (Lipinski definition) is 1. The van der Waals surface area contributed by atoms with Crippen molar-refractivity contribution in [3.63, 3.8) is 0 Å². The lowest BCUT2D eigenvalue weighted by Crippen LogP contribution is -2.29. The molecule has 1 saturated heterocycles. The van der Waals surface area contributed by atoms with E-state index >= 15 is 0 Å². The number of nitro groups is 1. The summed E-state index contributed by atoms with van der Waals surface area (Å²) in [7, 11) is 1.76. The standard InChI is InChI=1S/C12H21N5O2/c1-10(8-16-5-3-4-6-16)7-13-11-12(17(18)19)14-9-15(11)2/h9-10,13H,3-8H2,1-2H3. The largest absolute Gasteiger partial charge is 0.406 e. The molecule has 0 saturated carbocycles. The number of hydrogen-bond acceptors (Lipinski definition) is 5. The van der Waals surface area contributed by atoms with Crippen molar-refractivity contribution >= 4 is 11.6 Å². The van der Waals surface area contributed by atoms with Crippen molar-refractivity contribution in [3.8, 4) is 0 Å². The highest BCUT2D eigenvalue weighted by Gasteiger charge is 2.21. The zero-order valence-corrected chi connectivity index (χ0v) is 11.5. The average molecular weight is 267 g/mol. The van der Waals surface area contributed by atoms with Crippen LogP contribution in [0.1, 0.15) is 19.8 Å². The molecule has 0 bridgehead atoms. The normalized spacial score (nSPS) is 17.6. The maximum Gasteiger partial charge on any atom is 0.406 e. The smallest absolute Gasteiger partial charge is 0.364 e. The molecule has 7 nitrogen and oxygen atoms in total. The van der Waals surface area contributed by atoms with Gasteiger partial charge in [-0.15, -0.1) is 0 Å². The summed E-state index contributed by atoms with van der Waals surface area (Å²) in [5, 5.41) is 14.0. The van der Waals surface area contributed by atoms with E-state index in [1.54, 1.807) is 11.6 Å². The van der Waals surface area contributed by atoms with Gasteiger partial charge in [-0.25, -0.2) is 0 Å². The van der Waals surface area contributed by atoms with E-state index < -0.39 is 4.92 Å². The summed E-state index contributed by atoms with van der Waals surface area (Å²) in [5.74, 6) is 0.835. The Labute approximate surface area is 112 Å². The topological polar surface area (TPSA) is 76.2 Å². The number of anilines is 1. The molecule has 1 aromatic rings. The summed E-state index contributed by atoms with van der Waals surface area (Å²) in [4.78, 5) is 16.6. The molecular formula is C12H21N5O2. The van der Waals surface area contributed by atoms with E-state index in [-0.39, 0.29) is 5.82 Å². The fourth-order valence-corrected chi connectivity index (χ4v) is 2.50. The van der Waals surface area contributed by atoms with Crippen molar-refractivity contribution in [1.29, 1.82) is 0 Å². The average Bonchev–Trinajstić information content (AvgIpc) is 2.96. The molecule has 0 aliphatic carbocycles. The zero-order chi connectivity index (χ0) is 13.8. The predicted molar refractivity (Wildman–Crippen MR) is 73.2 cm³/mol. The zero-order valence-electron chi connectivity index (χ0n) is 11.5. The van der Waals surface area contributed by atoms with Gasteiger partial charge in [-0.05, 0) is 41.8 Å². The molecule has 0 amide bonds. The second-order valence-corrected chi connectivity index (χ2v) is 5.28. The summed E-state index contributed by atoms with van der Waals surface area (Å²) >= 11 is 0. The number of likely N-dealkylation sites (tertiary alicyclic amines) is 1. The van der Waals surface area contributed by atoms with Crippen LogP contribution < -0.4 is 5.32 Å². The van der Waals surface area contributed by atoms with Crippen molar-refractivity contribution in [2.75, 3.05) is 31.5 Å². The van der Waals surface area contributed by atoms with Crippen molar-refractivity contribution in [1.82, 2.24) is 14.5 Å². The van der Waals surface area contributed by atoms with Gasteiger partial charge in [-0.2, -0.15) is 0 Å². The van der Waals surface area contributed by atoms with E-state index in [4.69, 9.17) is 0 Å². The Kier molecular flexibility index (Phi) is 4.36. The van der Waals surface area contributed by atoms with Crippen molar-refractivity contribution in [2.24, 2.45) is 13.0 Å². The van der Waals surface area contributed by atoms with Crippen LogP contribution in [0, 0.1) is 16.0 Å². The molecular weight excluding hydrogens is 246 g/mol. The molecule has 7 heteroatoms. The van der Waals surface area contributed by atoms with Gasteiger partial charge in [0.05, 0.1) is 0 Å². The molecule has 106 valence electrons. The van der Waals surface area contributed by atoms with Crippen LogP contribution in [0.5, 0.6) is 0 Å². The Morgan fingerprint density at radius 1 is 1.53 bits per heavy atom. The van der Waals surface area contributed by atoms with Gasteiger partial charge in [0.25, 0.3) is 0 Å². The lowest BCUT2D eigenvalue weighted by molar-refractivity contribution is -0.388. The van der Waals surface area contributed by atoms with Gasteiger partial charge >= 0.3 is 5.82 Å². The van der Waals surface area contributed by atoms with Crippen LogP contribution in [0.15, 0.2) is 6.33 Å². The number of aromatic nitrogens is 2. The number of nitrogens with zero attached hydrogens (tertiary/aromatic N) is 4. The van der Waals surface area contributed by atoms with E-state index in [1.165, 1.54) is 32.3 Å². The Hall–Kier alpha value is -1.63. The van der Waals surface area contributed by atoms with E-state index in [1.807, 2.05) is 0 Å². The number of imidazole rings is 1. The monoisotopic (exact) mass is 267 g/mol. The van der Waals surface area contributed by atoms with Gasteiger partial charge in [-0.1, -0.05) is 6.92 Å².